The van der Waals surface area contributed by atoms with E-state index in [0.717, 1.165) is 24.2 Å². The molecular formula is C12H23ClN4O. The van der Waals surface area contributed by atoms with E-state index in [-0.39, 0.29) is 18.3 Å². The Morgan fingerprint density at radius 1 is 1.50 bits per heavy atom. The van der Waals surface area contributed by atoms with Crippen LogP contribution in [0.25, 0.3) is 0 Å². The molecular weight excluding hydrogens is 252 g/mol. The lowest BCUT2D eigenvalue weighted by Gasteiger charge is -2.28. The van der Waals surface area contributed by atoms with Gasteiger partial charge < -0.3 is 11.1 Å². The number of carbonyl (C=O) groups is 1. The minimum Gasteiger partial charge on any atom is -0.329 e. The molecule has 1 amide bonds. The standard InChI is InChI=1S/C12H22N4O.ClH/c1-5-12(6-2,8-13)11(17)15-10-7-14-16(4)9(10)3;/h7H,5-6,8,13H2,1-4H3,(H,15,17);1H. The number of hydrogen-bond donors (Lipinski definition) is 2. The van der Waals surface area contributed by atoms with Crippen molar-refractivity contribution in [1.82, 2.24) is 9.78 Å². The van der Waals surface area contributed by atoms with Crippen molar-refractivity contribution in [1.29, 1.82) is 0 Å². The van der Waals surface area contributed by atoms with Crippen molar-refractivity contribution in [2.75, 3.05) is 11.9 Å². The summed E-state index contributed by atoms with van der Waals surface area (Å²) in [4.78, 5) is 12.3. The number of carbonyl (C=O) groups excluding carboxylic acids is 1. The molecule has 1 aromatic rings. The lowest BCUT2D eigenvalue weighted by atomic mass is 9.81. The van der Waals surface area contributed by atoms with Crippen LogP contribution >= 0.6 is 12.4 Å². The third kappa shape index (κ3) is 3.03. The second kappa shape index (κ2) is 6.75. The molecule has 6 heteroatoms. The van der Waals surface area contributed by atoms with Gasteiger partial charge in [-0.3, -0.25) is 9.48 Å². The Bertz CT molecular complexity index is 391. The predicted octanol–water partition coefficient (Wildman–Crippen LogP) is 1.85. The quantitative estimate of drug-likeness (QED) is 0.861. The van der Waals surface area contributed by atoms with E-state index in [4.69, 9.17) is 5.73 Å². The van der Waals surface area contributed by atoms with Crippen molar-refractivity contribution >= 4 is 24.0 Å². The van der Waals surface area contributed by atoms with Crippen LogP contribution in [0.15, 0.2) is 6.20 Å². The van der Waals surface area contributed by atoms with Crippen LogP contribution in [0.2, 0.25) is 0 Å². The predicted molar refractivity (Wildman–Crippen MR) is 75.9 cm³/mol. The summed E-state index contributed by atoms with van der Waals surface area (Å²) in [5.74, 6) is -0.0129. The van der Waals surface area contributed by atoms with Gasteiger partial charge >= 0.3 is 0 Å². The maximum absolute atomic E-state index is 12.3. The van der Waals surface area contributed by atoms with Gasteiger partial charge in [0.15, 0.2) is 0 Å². The molecule has 0 spiro atoms. The van der Waals surface area contributed by atoms with Gasteiger partial charge in [-0.05, 0) is 19.8 Å². The Morgan fingerprint density at radius 2 is 2.06 bits per heavy atom. The first kappa shape index (κ1) is 16.9. The van der Waals surface area contributed by atoms with Crippen LogP contribution in [0.3, 0.4) is 0 Å². The Morgan fingerprint density at radius 3 is 2.39 bits per heavy atom. The molecule has 0 aliphatic rings. The first-order valence-corrected chi connectivity index (χ1v) is 6.00. The summed E-state index contributed by atoms with van der Waals surface area (Å²) >= 11 is 0. The molecule has 0 radical (unpaired) electrons. The Kier molecular flexibility index (Phi) is 6.35. The first-order valence-electron chi connectivity index (χ1n) is 6.00. The molecule has 18 heavy (non-hydrogen) atoms. The average Bonchev–Trinajstić information content (AvgIpc) is 2.64. The van der Waals surface area contributed by atoms with Crippen LogP contribution in [0.5, 0.6) is 0 Å². The van der Waals surface area contributed by atoms with Gasteiger partial charge in [0.1, 0.15) is 0 Å². The van der Waals surface area contributed by atoms with E-state index in [1.165, 1.54) is 0 Å². The van der Waals surface area contributed by atoms with Crippen molar-refractivity contribution in [2.24, 2.45) is 18.2 Å². The SMILES string of the molecule is CCC(CC)(CN)C(=O)Nc1cnn(C)c1C.Cl. The van der Waals surface area contributed by atoms with Crippen LogP contribution in [-0.2, 0) is 11.8 Å². The van der Waals surface area contributed by atoms with Crippen molar-refractivity contribution in [2.45, 2.75) is 33.6 Å². The van der Waals surface area contributed by atoms with Crippen LogP contribution in [0.1, 0.15) is 32.4 Å². The normalized spacial score (nSPS) is 10.9. The zero-order valence-electron chi connectivity index (χ0n) is 11.5. The van der Waals surface area contributed by atoms with Crippen molar-refractivity contribution in [3.05, 3.63) is 11.9 Å². The van der Waals surface area contributed by atoms with E-state index in [1.54, 1.807) is 10.9 Å². The van der Waals surface area contributed by atoms with Crippen molar-refractivity contribution < 1.29 is 4.79 Å². The lowest BCUT2D eigenvalue weighted by Crippen LogP contribution is -2.41. The van der Waals surface area contributed by atoms with Crippen molar-refractivity contribution in [3.63, 3.8) is 0 Å². The third-order valence-corrected chi connectivity index (χ3v) is 3.71. The molecule has 0 atom stereocenters. The largest absolute Gasteiger partial charge is 0.329 e. The van der Waals surface area contributed by atoms with Crippen LogP contribution in [-0.4, -0.2) is 22.2 Å². The van der Waals surface area contributed by atoms with Gasteiger partial charge in [0.05, 0.1) is 23.0 Å². The number of aromatic nitrogens is 2. The van der Waals surface area contributed by atoms with Crippen LogP contribution < -0.4 is 11.1 Å². The maximum atomic E-state index is 12.3. The zero-order valence-corrected chi connectivity index (χ0v) is 12.3. The summed E-state index contributed by atoms with van der Waals surface area (Å²) < 4.78 is 1.73. The van der Waals surface area contributed by atoms with Crippen LogP contribution in [0, 0.1) is 12.3 Å². The highest BCUT2D eigenvalue weighted by Gasteiger charge is 2.33. The summed E-state index contributed by atoms with van der Waals surface area (Å²) in [6.07, 6.45) is 3.15. The fraction of sp³-hybridized carbons (Fsp3) is 0.667. The number of hydrogen-bond acceptors (Lipinski definition) is 3. The second-order valence-electron chi connectivity index (χ2n) is 4.41. The minimum absolute atomic E-state index is 0. The maximum Gasteiger partial charge on any atom is 0.231 e. The molecule has 0 aliphatic carbocycles. The Balaban J connectivity index is 0.00000289. The van der Waals surface area contributed by atoms with Gasteiger partial charge in [0.25, 0.3) is 0 Å². The summed E-state index contributed by atoms with van der Waals surface area (Å²) in [6, 6.07) is 0. The average molecular weight is 275 g/mol. The number of halogens is 1. The monoisotopic (exact) mass is 274 g/mol. The highest BCUT2D eigenvalue weighted by Crippen LogP contribution is 2.27. The van der Waals surface area contributed by atoms with E-state index in [2.05, 4.69) is 10.4 Å². The van der Waals surface area contributed by atoms with Gasteiger partial charge in [-0.2, -0.15) is 5.10 Å². The number of amides is 1. The van der Waals surface area contributed by atoms with E-state index in [9.17, 15) is 4.79 Å². The molecule has 0 fully saturated rings. The van der Waals surface area contributed by atoms with Gasteiger partial charge in [-0.25, -0.2) is 0 Å². The molecule has 1 rings (SSSR count). The first-order chi connectivity index (χ1) is 8.00. The molecule has 104 valence electrons. The van der Waals surface area contributed by atoms with Gasteiger partial charge in [-0.15, -0.1) is 12.4 Å². The second-order valence-corrected chi connectivity index (χ2v) is 4.41. The molecule has 0 bridgehead atoms. The molecule has 0 saturated carbocycles. The minimum atomic E-state index is -0.470. The van der Waals surface area contributed by atoms with Gasteiger partial charge in [0.2, 0.25) is 5.91 Å². The summed E-state index contributed by atoms with van der Waals surface area (Å²) in [6.45, 7) is 6.27. The number of rotatable bonds is 5. The molecule has 1 aromatic heterocycles. The molecule has 0 aromatic carbocycles. The van der Waals surface area contributed by atoms with Crippen molar-refractivity contribution in [3.8, 4) is 0 Å². The number of aryl methyl sites for hydroxylation is 1. The van der Waals surface area contributed by atoms with E-state index in [1.807, 2.05) is 27.8 Å². The number of nitrogens with zero attached hydrogens (tertiary/aromatic N) is 2. The topological polar surface area (TPSA) is 72.9 Å². The van der Waals surface area contributed by atoms with E-state index in [0.29, 0.717) is 6.54 Å². The number of nitrogens with one attached hydrogen (secondary N) is 1. The summed E-state index contributed by atoms with van der Waals surface area (Å²) in [5, 5.41) is 7.02. The molecule has 0 unspecified atom stereocenters. The molecule has 3 N–H and O–H groups in total. The fourth-order valence-corrected chi connectivity index (χ4v) is 1.83. The highest BCUT2D eigenvalue weighted by atomic mass is 35.5. The zero-order chi connectivity index (χ0) is 13.1. The van der Waals surface area contributed by atoms with Gasteiger partial charge in [0, 0.05) is 13.6 Å². The molecule has 5 nitrogen and oxygen atoms in total. The molecule has 0 saturated heterocycles. The lowest BCUT2D eigenvalue weighted by molar-refractivity contribution is -0.125. The van der Waals surface area contributed by atoms with E-state index >= 15 is 0 Å². The summed E-state index contributed by atoms with van der Waals surface area (Å²) in [5.41, 5.74) is 6.98. The Hall–Kier alpha value is -1.07. The van der Waals surface area contributed by atoms with Crippen LogP contribution in [0.4, 0.5) is 5.69 Å². The Labute approximate surface area is 115 Å². The molecule has 0 aliphatic heterocycles. The third-order valence-electron chi connectivity index (χ3n) is 3.71. The number of anilines is 1. The van der Waals surface area contributed by atoms with Gasteiger partial charge in [-0.1, -0.05) is 13.8 Å². The fourth-order valence-electron chi connectivity index (χ4n) is 1.83. The van der Waals surface area contributed by atoms with E-state index < -0.39 is 5.41 Å². The molecule has 1 heterocycles. The summed E-state index contributed by atoms with van der Waals surface area (Å²) in [7, 11) is 1.85. The number of nitrogens with two attached hydrogens (primary N) is 1. The smallest absolute Gasteiger partial charge is 0.231 e. The highest BCUT2D eigenvalue weighted by molar-refractivity contribution is 5.95.